The molecule has 0 aromatic rings. The van der Waals surface area contributed by atoms with E-state index in [1.807, 2.05) is 45.4 Å². The molecule has 0 aromatic carbocycles. The summed E-state index contributed by atoms with van der Waals surface area (Å²) in [6.07, 6.45) is 18.7. The van der Waals surface area contributed by atoms with Gasteiger partial charge in [-0.2, -0.15) is 17.0 Å². The van der Waals surface area contributed by atoms with E-state index in [4.69, 9.17) is 15.1 Å². The molecule has 10 nitrogen and oxygen atoms in total. The van der Waals surface area contributed by atoms with Crippen LogP contribution in [0.3, 0.4) is 0 Å². The second-order valence-electron chi connectivity index (χ2n) is 9.34. The molecule has 0 radical (unpaired) electrons. The Morgan fingerprint density at radius 3 is 2.31 bits per heavy atom. The molecule has 11 heteroatoms. The Bertz CT molecular complexity index is 1070. The molecule has 0 rings (SSSR count). The van der Waals surface area contributed by atoms with Gasteiger partial charge in [0.25, 0.3) is 0 Å². The topological polar surface area (TPSA) is 138 Å². The second-order valence-corrected chi connectivity index (χ2v) is 10.2. The summed E-state index contributed by atoms with van der Waals surface area (Å²) in [4.78, 5) is 24.5. The fourth-order valence-corrected chi connectivity index (χ4v) is 3.91. The molecular formula is C34H55N5O5S. The van der Waals surface area contributed by atoms with Crippen molar-refractivity contribution in [2.45, 2.75) is 40.3 Å². The van der Waals surface area contributed by atoms with Crippen molar-refractivity contribution in [3.63, 3.8) is 0 Å². The molecule has 0 saturated carbocycles. The van der Waals surface area contributed by atoms with Gasteiger partial charge in [-0.25, -0.2) is 4.79 Å². The smallest absolute Gasteiger partial charge is 0.347 e. The van der Waals surface area contributed by atoms with E-state index in [1.165, 1.54) is 28.4 Å². The zero-order chi connectivity index (χ0) is 35.1. The number of likely N-dealkylation sites (N-methyl/N-ethyl adjacent to an activating group) is 2. The zero-order valence-electron chi connectivity index (χ0n) is 28.2. The minimum Gasteiger partial charge on any atom is -0.487 e. The van der Waals surface area contributed by atoms with Crippen LogP contribution in [0, 0.1) is 11.3 Å². The number of allylic oxidation sites excluding steroid dienone is 7. The molecule has 0 aliphatic rings. The first kappa shape index (κ1) is 45.6. The number of aliphatic hydroxyl groups is 1. The number of carboxylic acid groups (broad SMARTS) is 1. The normalized spacial score (nSPS) is 13.0. The Morgan fingerprint density at radius 1 is 1.20 bits per heavy atom. The van der Waals surface area contributed by atoms with Gasteiger partial charge >= 0.3 is 5.97 Å². The predicted molar refractivity (Wildman–Crippen MR) is 189 cm³/mol. The first-order chi connectivity index (χ1) is 21.4. The van der Waals surface area contributed by atoms with Crippen molar-refractivity contribution in [2.75, 3.05) is 58.4 Å². The average Bonchev–Trinajstić information content (AvgIpc) is 3.00. The average molecular weight is 646 g/mol. The van der Waals surface area contributed by atoms with Gasteiger partial charge in [-0.3, -0.25) is 9.69 Å². The van der Waals surface area contributed by atoms with Crippen molar-refractivity contribution in [2.24, 2.45) is 0 Å². The molecule has 0 amide bonds. The Morgan fingerprint density at radius 2 is 1.87 bits per heavy atom. The highest BCUT2D eigenvalue weighted by Gasteiger charge is 2.26. The van der Waals surface area contributed by atoms with E-state index in [2.05, 4.69) is 54.3 Å². The number of nitrogens with zero attached hydrogens (tertiary/aromatic N) is 3. The van der Waals surface area contributed by atoms with Gasteiger partial charge < -0.3 is 30.5 Å². The fraction of sp³-hybridized carbons (Fsp3) is 0.441. The number of hydrogen-bond acceptors (Lipinski definition) is 10. The van der Waals surface area contributed by atoms with Gasteiger partial charge in [-0.1, -0.05) is 57.0 Å². The first-order valence-electron chi connectivity index (χ1n) is 14.5. The van der Waals surface area contributed by atoms with Crippen molar-refractivity contribution in [3.8, 4) is 6.07 Å². The number of hydrogen-bond donors (Lipinski definition) is 4. The number of aliphatic carboxylic acids is 1. The number of carboxylic acids is 1. The third-order valence-electron chi connectivity index (χ3n) is 5.60. The number of carbonyl (C=O) groups is 2. The number of nitriles is 1. The zero-order valence-corrected chi connectivity index (χ0v) is 29.0. The van der Waals surface area contributed by atoms with Gasteiger partial charge in [0.05, 0.1) is 0 Å². The summed E-state index contributed by atoms with van der Waals surface area (Å²) in [6.45, 7) is 25.1. The predicted octanol–water partition coefficient (Wildman–Crippen LogP) is 5.00. The van der Waals surface area contributed by atoms with Crippen LogP contribution in [0.2, 0.25) is 0 Å². The monoisotopic (exact) mass is 645 g/mol. The van der Waals surface area contributed by atoms with E-state index < -0.39 is 11.7 Å². The van der Waals surface area contributed by atoms with E-state index in [1.54, 1.807) is 38.3 Å². The summed E-state index contributed by atoms with van der Waals surface area (Å²) in [5, 5.41) is 33.5. The molecule has 0 bridgehead atoms. The van der Waals surface area contributed by atoms with Crippen molar-refractivity contribution < 1.29 is 24.5 Å². The minimum atomic E-state index is -1.29. The Balaban J connectivity index is -0.000000589. The van der Waals surface area contributed by atoms with Crippen molar-refractivity contribution >= 4 is 24.0 Å². The molecule has 0 saturated heterocycles. The summed E-state index contributed by atoms with van der Waals surface area (Å²) < 4.78 is 4.91. The molecule has 45 heavy (non-hydrogen) atoms. The summed E-state index contributed by atoms with van der Waals surface area (Å²) >= 11 is 1.44. The SMILES string of the molecule is C=C/C(=C\C=C/C)CN(CC)CCNC.C=CN/C(C)=C/C=C\C(=C)OCC=O.CCN(/C=C(\C#N)C(=O)O)C(C)(O)CSC. The van der Waals surface area contributed by atoms with Gasteiger partial charge in [-0.15, -0.1) is 0 Å². The molecule has 0 aliphatic carbocycles. The Hall–Kier alpha value is -3.82. The van der Waals surface area contributed by atoms with Crippen LogP contribution in [0.15, 0.2) is 97.3 Å². The summed E-state index contributed by atoms with van der Waals surface area (Å²) in [7, 11) is 1.98. The van der Waals surface area contributed by atoms with E-state index in [0.717, 1.165) is 31.9 Å². The summed E-state index contributed by atoms with van der Waals surface area (Å²) in [5.41, 5.74) is 0.680. The van der Waals surface area contributed by atoms with Gasteiger partial charge in [0, 0.05) is 43.8 Å². The van der Waals surface area contributed by atoms with Crippen LogP contribution in [0.5, 0.6) is 0 Å². The molecule has 1 atom stereocenters. The molecule has 0 spiro atoms. The van der Waals surface area contributed by atoms with E-state index in [-0.39, 0.29) is 12.2 Å². The lowest BCUT2D eigenvalue weighted by Gasteiger charge is -2.35. The van der Waals surface area contributed by atoms with Crippen molar-refractivity contribution in [1.29, 1.82) is 5.26 Å². The lowest BCUT2D eigenvalue weighted by atomic mass is 10.2. The maximum Gasteiger partial charge on any atom is 0.347 e. The number of carbonyl (C=O) groups excluding carboxylic acids is 1. The highest BCUT2D eigenvalue weighted by Crippen LogP contribution is 2.17. The lowest BCUT2D eigenvalue weighted by molar-refractivity contribution is -0.132. The largest absolute Gasteiger partial charge is 0.487 e. The standard InChI is InChI=1S/C13H24N2.C11H15NO2.C10H16N2O3S/c1-5-8-9-13(6-2)12-15(7-3)11-10-14-4;1-4-12-10(2)6-5-7-11(3)14-9-8-13;1-4-12(10(2,15)7-16-3)6-8(5-11)9(13)14/h5-6,8-9,14H,2,7,10-12H2,1,3-4H3;4-8,12H,1,3,9H2,2H3;6,15H,4,7H2,1-3H3,(H,13,14)/b8-5-,13-9+;7-5-,10-6+;8-6+. The van der Waals surface area contributed by atoms with Crippen molar-refractivity contribution in [3.05, 3.63) is 97.3 Å². The number of ether oxygens (including phenoxy) is 1. The van der Waals surface area contributed by atoms with Crippen LogP contribution in [0.4, 0.5) is 0 Å². The summed E-state index contributed by atoms with van der Waals surface area (Å²) in [5.74, 6) is -0.406. The van der Waals surface area contributed by atoms with Crippen LogP contribution in [-0.2, 0) is 14.3 Å². The van der Waals surface area contributed by atoms with Gasteiger partial charge in [0.15, 0.2) is 11.9 Å². The lowest BCUT2D eigenvalue weighted by Crippen LogP contribution is -2.45. The first-order valence-corrected chi connectivity index (χ1v) is 15.9. The molecule has 0 aromatic heterocycles. The molecular weight excluding hydrogens is 590 g/mol. The third kappa shape index (κ3) is 26.3. The number of aldehydes is 1. The number of thioether (sulfide) groups is 1. The van der Waals surface area contributed by atoms with E-state index >= 15 is 0 Å². The Labute approximate surface area is 275 Å². The van der Waals surface area contributed by atoms with Crippen molar-refractivity contribution in [1.82, 2.24) is 20.4 Å². The molecule has 0 aliphatic heterocycles. The molecule has 0 fully saturated rings. The van der Waals surface area contributed by atoms with Gasteiger partial charge in [0.2, 0.25) is 0 Å². The second kappa shape index (κ2) is 30.2. The molecule has 1 unspecified atom stereocenters. The van der Waals surface area contributed by atoms with Crippen LogP contribution < -0.4 is 10.6 Å². The summed E-state index contributed by atoms with van der Waals surface area (Å²) in [6, 6.07) is 1.58. The third-order valence-corrected chi connectivity index (χ3v) is 6.44. The van der Waals surface area contributed by atoms with Crippen LogP contribution in [0.1, 0.15) is 34.6 Å². The van der Waals surface area contributed by atoms with Crippen LogP contribution in [0.25, 0.3) is 0 Å². The Kier molecular flexibility index (Phi) is 30.6. The minimum absolute atomic E-state index is 0.0385. The number of nitrogens with one attached hydrogen (secondary N) is 2. The molecule has 252 valence electrons. The van der Waals surface area contributed by atoms with E-state index in [0.29, 0.717) is 24.3 Å². The fourth-order valence-electron chi connectivity index (χ4n) is 3.20. The number of rotatable bonds is 21. The quantitative estimate of drug-likeness (QED) is 0.0335. The highest BCUT2D eigenvalue weighted by molar-refractivity contribution is 7.98. The van der Waals surface area contributed by atoms with Gasteiger partial charge in [0.1, 0.15) is 24.2 Å². The maximum absolute atomic E-state index is 10.7. The van der Waals surface area contributed by atoms with Crippen LogP contribution >= 0.6 is 11.8 Å². The molecule has 0 heterocycles. The highest BCUT2D eigenvalue weighted by atomic mass is 32.2. The van der Waals surface area contributed by atoms with Gasteiger partial charge in [-0.05, 0) is 71.5 Å². The van der Waals surface area contributed by atoms with E-state index in [9.17, 15) is 14.7 Å². The van der Waals surface area contributed by atoms with Crippen LogP contribution in [-0.4, -0.2) is 96.4 Å². The molecule has 4 N–H and O–H groups in total. The maximum atomic E-state index is 10.7.